The second-order valence-corrected chi connectivity index (χ2v) is 4.02. The van der Waals surface area contributed by atoms with Crippen molar-refractivity contribution in [1.82, 2.24) is 4.98 Å². The molecule has 0 unspecified atom stereocenters. The zero-order chi connectivity index (χ0) is 10.8. The SMILES string of the molecule is C[C@@H]1CCN(c2ncccc2F)[C@@H]1CO. The van der Waals surface area contributed by atoms with Gasteiger partial charge in [-0.25, -0.2) is 9.37 Å². The van der Waals surface area contributed by atoms with Crippen molar-refractivity contribution in [3.05, 3.63) is 24.1 Å². The molecule has 2 rings (SSSR count). The van der Waals surface area contributed by atoms with Gasteiger partial charge in [-0.1, -0.05) is 6.92 Å². The molecule has 1 N–H and O–H groups in total. The van der Waals surface area contributed by atoms with Crippen LogP contribution in [0.2, 0.25) is 0 Å². The lowest BCUT2D eigenvalue weighted by molar-refractivity contribution is 0.244. The molecule has 2 atom stereocenters. The quantitative estimate of drug-likeness (QED) is 0.802. The summed E-state index contributed by atoms with van der Waals surface area (Å²) in [5.74, 6) is 0.433. The van der Waals surface area contributed by atoms with Crippen LogP contribution < -0.4 is 4.90 Å². The third-order valence-electron chi connectivity index (χ3n) is 3.08. The molecule has 1 aromatic heterocycles. The number of aliphatic hydroxyl groups excluding tert-OH is 1. The first-order chi connectivity index (χ1) is 7.24. The fraction of sp³-hybridized carbons (Fsp3) is 0.545. The van der Waals surface area contributed by atoms with E-state index in [1.807, 2.05) is 4.90 Å². The maximum absolute atomic E-state index is 13.5. The van der Waals surface area contributed by atoms with E-state index in [1.54, 1.807) is 12.3 Å². The maximum Gasteiger partial charge on any atom is 0.165 e. The second-order valence-electron chi connectivity index (χ2n) is 4.02. The number of aromatic nitrogens is 1. The molecule has 1 fully saturated rings. The molecule has 3 nitrogen and oxygen atoms in total. The van der Waals surface area contributed by atoms with Crippen molar-refractivity contribution < 1.29 is 9.50 Å². The molecule has 1 aliphatic heterocycles. The molecule has 2 heterocycles. The lowest BCUT2D eigenvalue weighted by atomic mass is 10.0. The first-order valence-corrected chi connectivity index (χ1v) is 5.22. The summed E-state index contributed by atoms with van der Waals surface area (Å²) in [6, 6.07) is 2.97. The van der Waals surface area contributed by atoms with Crippen LogP contribution in [0.25, 0.3) is 0 Å². The Balaban J connectivity index is 2.28. The molecule has 0 spiro atoms. The predicted octanol–water partition coefficient (Wildman–Crippen LogP) is 1.43. The zero-order valence-corrected chi connectivity index (χ0v) is 8.73. The Labute approximate surface area is 88.6 Å². The fourth-order valence-corrected chi connectivity index (χ4v) is 2.14. The van der Waals surface area contributed by atoms with Crippen molar-refractivity contribution in [3.63, 3.8) is 0 Å². The van der Waals surface area contributed by atoms with Gasteiger partial charge in [-0.3, -0.25) is 0 Å². The molecular weight excluding hydrogens is 195 g/mol. The number of rotatable bonds is 2. The van der Waals surface area contributed by atoms with Gasteiger partial charge in [-0.15, -0.1) is 0 Å². The smallest absolute Gasteiger partial charge is 0.165 e. The van der Waals surface area contributed by atoms with E-state index >= 15 is 0 Å². The molecule has 15 heavy (non-hydrogen) atoms. The Morgan fingerprint density at radius 2 is 2.47 bits per heavy atom. The van der Waals surface area contributed by atoms with Crippen LogP contribution in [-0.4, -0.2) is 29.3 Å². The predicted molar refractivity (Wildman–Crippen MR) is 56.2 cm³/mol. The van der Waals surface area contributed by atoms with Crippen molar-refractivity contribution >= 4 is 5.82 Å². The van der Waals surface area contributed by atoms with Gasteiger partial charge in [0.2, 0.25) is 0 Å². The summed E-state index contributed by atoms with van der Waals surface area (Å²) >= 11 is 0. The zero-order valence-electron chi connectivity index (χ0n) is 8.73. The number of pyridine rings is 1. The minimum atomic E-state index is -0.315. The first-order valence-electron chi connectivity index (χ1n) is 5.22. The minimum absolute atomic E-state index is 0.00519. The Bertz CT molecular complexity index is 345. The maximum atomic E-state index is 13.5. The van der Waals surface area contributed by atoms with Crippen molar-refractivity contribution in [1.29, 1.82) is 0 Å². The average Bonchev–Trinajstić information content (AvgIpc) is 2.60. The van der Waals surface area contributed by atoms with Gasteiger partial charge in [0.1, 0.15) is 0 Å². The number of aliphatic hydroxyl groups is 1. The molecule has 0 bridgehead atoms. The minimum Gasteiger partial charge on any atom is -0.394 e. The van der Waals surface area contributed by atoms with Gasteiger partial charge in [0.15, 0.2) is 11.6 Å². The molecule has 1 aromatic rings. The van der Waals surface area contributed by atoms with E-state index in [0.29, 0.717) is 11.7 Å². The van der Waals surface area contributed by atoms with E-state index in [0.717, 1.165) is 13.0 Å². The Morgan fingerprint density at radius 3 is 3.13 bits per heavy atom. The largest absolute Gasteiger partial charge is 0.394 e. The summed E-state index contributed by atoms with van der Waals surface area (Å²) in [6.07, 6.45) is 2.55. The Hall–Kier alpha value is -1.16. The Kier molecular flexibility index (Phi) is 2.86. The standard InChI is InChI=1S/C11H15FN2O/c1-8-4-6-14(10(8)7-15)11-9(12)3-2-5-13-11/h2-3,5,8,10,15H,4,6-7H2,1H3/t8-,10-/m1/s1. The normalized spacial score (nSPS) is 25.9. The van der Waals surface area contributed by atoms with Crippen LogP contribution in [0.4, 0.5) is 10.2 Å². The number of anilines is 1. The third kappa shape index (κ3) is 1.81. The van der Waals surface area contributed by atoms with Crippen molar-refractivity contribution in [2.24, 2.45) is 5.92 Å². The van der Waals surface area contributed by atoms with Crippen LogP contribution in [0.1, 0.15) is 13.3 Å². The fourth-order valence-electron chi connectivity index (χ4n) is 2.14. The highest BCUT2D eigenvalue weighted by Crippen LogP contribution is 2.29. The van der Waals surface area contributed by atoms with E-state index in [2.05, 4.69) is 11.9 Å². The van der Waals surface area contributed by atoms with Crippen LogP contribution in [0.5, 0.6) is 0 Å². The number of hydrogen-bond donors (Lipinski definition) is 1. The van der Waals surface area contributed by atoms with E-state index in [1.165, 1.54) is 6.07 Å². The van der Waals surface area contributed by atoms with Gasteiger partial charge in [0.25, 0.3) is 0 Å². The monoisotopic (exact) mass is 210 g/mol. The number of nitrogens with zero attached hydrogens (tertiary/aromatic N) is 2. The van der Waals surface area contributed by atoms with E-state index in [-0.39, 0.29) is 18.5 Å². The summed E-state index contributed by atoms with van der Waals surface area (Å²) in [5, 5.41) is 9.27. The number of halogens is 1. The van der Waals surface area contributed by atoms with Crippen LogP contribution in [0, 0.1) is 11.7 Å². The molecule has 0 amide bonds. The van der Waals surface area contributed by atoms with Gasteiger partial charge in [-0.2, -0.15) is 0 Å². The second kappa shape index (κ2) is 4.14. The molecule has 4 heteroatoms. The van der Waals surface area contributed by atoms with Crippen LogP contribution in [0.3, 0.4) is 0 Å². The van der Waals surface area contributed by atoms with Crippen LogP contribution in [0.15, 0.2) is 18.3 Å². The molecule has 1 aliphatic rings. The topological polar surface area (TPSA) is 36.4 Å². The first kappa shape index (κ1) is 10.4. The molecule has 0 aliphatic carbocycles. The highest BCUT2D eigenvalue weighted by atomic mass is 19.1. The van der Waals surface area contributed by atoms with Crippen molar-refractivity contribution in [3.8, 4) is 0 Å². The lowest BCUT2D eigenvalue weighted by Gasteiger charge is -2.26. The van der Waals surface area contributed by atoms with Gasteiger partial charge < -0.3 is 10.0 Å². The van der Waals surface area contributed by atoms with Gasteiger partial charge in [0.05, 0.1) is 12.6 Å². The van der Waals surface area contributed by atoms with E-state index < -0.39 is 0 Å². The third-order valence-corrected chi connectivity index (χ3v) is 3.08. The molecule has 0 aromatic carbocycles. The highest BCUT2D eigenvalue weighted by Gasteiger charge is 2.32. The summed E-state index contributed by atoms with van der Waals surface area (Å²) < 4.78 is 13.5. The van der Waals surface area contributed by atoms with Crippen molar-refractivity contribution in [2.45, 2.75) is 19.4 Å². The van der Waals surface area contributed by atoms with Crippen molar-refractivity contribution in [2.75, 3.05) is 18.1 Å². The van der Waals surface area contributed by atoms with E-state index in [4.69, 9.17) is 0 Å². The van der Waals surface area contributed by atoms with Gasteiger partial charge >= 0.3 is 0 Å². The van der Waals surface area contributed by atoms with Gasteiger partial charge in [0, 0.05) is 12.7 Å². The Morgan fingerprint density at radius 1 is 1.67 bits per heavy atom. The molecular formula is C11H15FN2O. The average molecular weight is 210 g/mol. The summed E-state index contributed by atoms with van der Waals surface area (Å²) in [7, 11) is 0. The highest BCUT2D eigenvalue weighted by molar-refractivity contribution is 5.42. The molecule has 0 saturated carbocycles. The van der Waals surface area contributed by atoms with E-state index in [9.17, 15) is 9.50 Å². The lowest BCUT2D eigenvalue weighted by Crippen LogP contribution is -2.36. The van der Waals surface area contributed by atoms with Crippen LogP contribution >= 0.6 is 0 Å². The summed E-state index contributed by atoms with van der Waals surface area (Å²) in [6.45, 7) is 2.89. The summed E-state index contributed by atoms with van der Waals surface area (Å²) in [4.78, 5) is 5.89. The molecule has 1 saturated heterocycles. The number of hydrogen-bond acceptors (Lipinski definition) is 3. The summed E-state index contributed by atoms with van der Waals surface area (Å²) in [5.41, 5.74) is 0. The van der Waals surface area contributed by atoms with Crippen LogP contribution in [-0.2, 0) is 0 Å². The van der Waals surface area contributed by atoms with Gasteiger partial charge in [-0.05, 0) is 24.5 Å². The molecule has 0 radical (unpaired) electrons. The molecule has 82 valence electrons.